The third-order valence-corrected chi connectivity index (χ3v) is 3.56. The molecule has 1 fully saturated rings. The molecule has 1 aliphatic rings. The maximum absolute atomic E-state index is 5.51. The number of hydrazone groups is 1. The van der Waals surface area contributed by atoms with Gasteiger partial charge in [0.2, 0.25) is 0 Å². The van der Waals surface area contributed by atoms with Gasteiger partial charge in [-0.05, 0) is 37.2 Å². The quantitative estimate of drug-likeness (QED) is 0.472. The molecule has 1 aromatic rings. The van der Waals surface area contributed by atoms with E-state index in [0.29, 0.717) is 17.4 Å². The third-order valence-electron chi connectivity index (χ3n) is 3.32. The minimum atomic E-state index is 0.241. The SMILES string of the molecule is COc1ccc(/C=N\NC(=S)NC[C@@H]2CCCO2)c(OC)c1. The second-order valence-electron chi connectivity index (χ2n) is 4.82. The molecule has 22 heavy (non-hydrogen) atoms. The van der Waals surface area contributed by atoms with Crippen LogP contribution in [-0.4, -0.2) is 44.8 Å². The molecule has 1 saturated heterocycles. The molecular weight excluding hydrogens is 302 g/mol. The van der Waals surface area contributed by atoms with Gasteiger partial charge in [0, 0.05) is 24.8 Å². The van der Waals surface area contributed by atoms with Crippen molar-refractivity contribution in [3.05, 3.63) is 23.8 Å². The molecule has 0 aliphatic carbocycles. The largest absolute Gasteiger partial charge is 0.497 e. The van der Waals surface area contributed by atoms with Crippen molar-refractivity contribution in [2.45, 2.75) is 18.9 Å². The lowest BCUT2D eigenvalue weighted by Gasteiger charge is -2.12. The number of thiocarbonyl (C=S) groups is 1. The summed E-state index contributed by atoms with van der Waals surface area (Å²) in [7, 11) is 3.22. The van der Waals surface area contributed by atoms with Crippen molar-refractivity contribution in [1.82, 2.24) is 10.7 Å². The second kappa shape index (κ2) is 8.55. The third kappa shape index (κ3) is 4.85. The van der Waals surface area contributed by atoms with Crippen molar-refractivity contribution in [3.8, 4) is 11.5 Å². The zero-order valence-corrected chi connectivity index (χ0v) is 13.6. The van der Waals surface area contributed by atoms with Gasteiger partial charge in [-0.1, -0.05) is 0 Å². The van der Waals surface area contributed by atoms with E-state index in [2.05, 4.69) is 15.8 Å². The Bertz CT molecular complexity index is 531. The van der Waals surface area contributed by atoms with Crippen LogP contribution in [0.4, 0.5) is 0 Å². The fourth-order valence-electron chi connectivity index (χ4n) is 2.14. The lowest BCUT2D eigenvalue weighted by atomic mass is 10.2. The molecule has 0 amide bonds. The van der Waals surface area contributed by atoms with Crippen molar-refractivity contribution < 1.29 is 14.2 Å². The van der Waals surface area contributed by atoms with E-state index in [1.807, 2.05) is 12.1 Å². The Balaban J connectivity index is 1.82. The zero-order valence-electron chi connectivity index (χ0n) is 12.8. The molecule has 6 nitrogen and oxygen atoms in total. The first kappa shape index (κ1) is 16.5. The highest BCUT2D eigenvalue weighted by Crippen LogP contribution is 2.22. The maximum Gasteiger partial charge on any atom is 0.187 e. The molecule has 120 valence electrons. The summed E-state index contributed by atoms with van der Waals surface area (Å²) in [6, 6.07) is 5.51. The Hall–Kier alpha value is -1.86. The summed E-state index contributed by atoms with van der Waals surface area (Å²) in [5.41, 5.74) is 3.61. The van der Waals surface area contributed by atoms with Gasteiger partial charge in [0.1, 0.15) is 11.5 Å². The number of nitrogens with zero attached hydrogens (tertiary/aromatic N) is 1. The Morgan fingerprint density at radius 1 is 1.45 bits per heavy atom. The van der Waals surface area contributed by atoms with Gasteiger partial charge in [-0.25, -0.2) is 0 Å². The average Bonchev–Trinajstić information content (AvgIpc) is 3.06. The number of benzene rings is 1. The fourth-order valence-corrected chi connectivity index (χ4v) is 2.27. The molecule has 0 unspecified atom stereocenters. The Labute approximate surface area is 135 Å². The smallest absolute Gasteiger partial charge is 0.187 e. The van der Waals surface area contributed by atoms with Gasteiger partial charge < -0.3 is 19.5 Å². The van der Waals surface area contributed by atoms with Gasteiger partial charge >= 0.3 is 0 Å². The molecule has 7 heteroatoms. The number of ether oxygens (including phenoxy) is 3. The van der Waals surface area contributed by atoms with Gasteiger partial charge in [0.25, 0.3) is 0 Å². The number of rotatable bonds is 6. The molecule has 0 spiro atoms. The molecule has 2 rings (SSSR count). The first-order valence-electron chi connectivity index (χ1n) is 7.13. The zero-order chi connectivity index (χ0) is 15.8. The predicted octanol–water partition coefficient (Wildman–Crippen LogP) is 1.68. The average molecular weight is 323 g/mol. The molecular formula is C15H21N3O3S. The van der Waals surface area contributed by atoms with Crippen molar-refractivity contribution in [2.24, 2.45) is 5.10 Å². The molecule has 0 radical (unpaired) electrons. The summed E-state index contributed by atoms with van der Waals surface area (Å²) < 4.78 is 16.0. The molecule has 2 N–H and O–H groups in total. The van der Waals surface area contributed by atoms with Crippen LogP contribution in [0.15, 0.2) is 23.3 Å². The first-order valence-corrected chi connectivity index (χ1v) is 7.54. The van der Waals surface area contributed by atoms with Crippen molar-refractivity contribution in [3.63, 3.8) is 0 Å². The first-order chi connectivity index (χ1) is 10.7. The number of nitrogens with one attached hydrogen (secondary N) is 2. The van der Waals surface area contributed by atoms with Crippen LogP contribution >= 0.6 is 12.2 Å². The molecule has 0 saturated carbocycles. The van der Waals surface area contributed by atoms with Crippen LogP contribution in [0.5, 0.6) is 11.5 Å². The number of methoxy groups -OCH3 is 2. The highest BCUT2D eigenvalue weighted by atomic mass is 32.1. The van der Waals surface area contributed by atoms with E-state index in [9.17, 15) is 0 Å². The Kier molecular flexibility index (Phi) is 6.42. The van der Waals surface area contributed by atoms with Crippen LogP contribution in [0.1, 0.15) is 18.4 Å². The molecule has 1 aliphatic heterocycles. The van der Waals surface area contributed by atoms with Crippen molar-refractivity contribution >= 4 is 23.5 Å². The van der Waals surface area contributed by atoms with E-state index in [0.717, 1.165) is 30.8 Å². The Morgan fingerprint density at radius 3 is 3.00 bits per heavy atom. The maximum atomic E-state index is 5.51. The van der Waals surface area contributed by atoms with Crippen molar-refractivity contribution in [2.75, 3.05) is 27.4 Å². The summed E-state index contributed by atoms with van der Waals surface area (Å²) in [6.07, 6.45) is 4.08. The molecule has 1 aromatic carbocycles. The van der Waals surface area contributed by atoms with Crippen molar-refractivity contribution in [1.29, 1.82) is 0 Å². The standard InChI is InChI=1S/C15H21N3O3S/c1-19-12-6-5-11(14(8-12)20-2)9-17-18-15(22)16-10-13-4-3-7-21-13/h5-6,8-9,13H,3-4,7,10H2,1-2H3,(H2,16,18,22)/b17-9-/t13-/m0/s1. The topological polar surface area (TPSA) is 64.1 Å². The molecule has 1 heterocycles. The normalized spacial score (nSPS) is 17.5. The minimum absolute atomic E-state index is 0.241. The highest BCUT2D eigenvalue weighted by Gasteiger charge is 2.14. The molecule has 1 atom stereocenters. The summed E-state index contributed by atoms with van der Waals surface area (Å²) >= 11 is 5.16. The van der Waals surface area contributed by atoms with E-state index < -0.39 is 0 Å². The van der Waals surface area contributed by atoms with Crippen LogP contribution in [-0.2, 0) is 4.74 Å². The van der Waals surface area contributed by atoms with Gasteiger partial charge in [0.15, 0.2) is 5.11 Å². The lowest BCUT2D eigenvalue weighted by molar-refractivity contribution is 0.114. The Morgan fingerprint density at radius 2 is 2.32 bits per heavy atom. The van der Waals surface area contributed by atoms with E-state index in [1.165, 1.54) is 0 Å². The fraction of sp³-hybridized carbons (Fsp3) is 0.467. The van der Waals surface area contributed by atoms with E-state index in [4.69, 9.17) is 26.4 Å². The van der Waals surface area contributed by atoms with Gasteiger partial charge in [-0.15, -0.1) is 0 Å². The van der Waals surface area contributed by atoms with E-state index >= 15 is 0 Å². The molecule has 0 bridgehead atoms. The summed E-state index contributed by atoms with van der Waals surface area (Å²) in [4.78, 5) is 0. The van der Waals surface area contributed by atoms with E-state index in [1.54, 1.807) is 26.5 Å². The van der Waals surface area contributed by atoms with Gasteiger partial charge in [0.05, 0.1) is 26.5 Å². The van der Waals surface area contributed by atoms with Crippen LogP contribution in [0.2, 0.25) is 0 Å². The predicted molar refractivity (Wildman–Crippen MR) is 89.9 cm³/mol. The summed E-state index contributed by atoms with van der Waals surface area (Å²) in [6.45, 7) is 1.54. The molecule has 0 aromatic heterocycles. The van der Waals surface area contributed by atoms with Gasteiger partial charge in [-0.3, -0.25) is 5.43 Å². The van der Waals surface area contributed by atoms with Crippen LogP contribution < -0.4 is 20.2 Å². The summed E-state index contributed by atoms with van der Waals surface area (Å²) in [5.74, 6) is 1.42. The van der Waals surface area contributed by atoms with Crippen LogP contribution in [0, 0.1) is 0 Å². The van der Waals surface area contributed by atoms with Crippen LogP contribution in [0.25, 0.3) is 0 Å². The monoisotopic (exact) mass is 323 g/mol. The number of hydrogen-bond acceptors (Lipinski definition) is 5. The lowest BCUT2D eigenvalue weighted by Crippen LogP contribution is -2.37. The van der Waals surface area contributed by atoms with E-state index in [-0.39, 0.29) is 6.10 Å². The second-order valence-corrected chi connectivity index (χ2v) is 5.23. The van der Waals surface area contributed by atoms with Gasteiger partial charge in [-0.2, -0.15) is 5.10 Å². The van der Waals surface area contributed by atoms with Crippen LogP contribution in [0.3, 0.4) is 0 Å². The summed E-state index contributed by atoms with van der Waals surface area (Å²) in [5, 5.41) is 7.67. The number of hydrogen-bond donors (Lipinski definition) is 2. The highest BCUT2D eigenvalue weighted by molar-refractivity contribution is 7.80. The minimum Gasteiger partial charge on any atom is -0.497 e.